The summed E-state index contributed by atoms with van der Waals surface area (Å²) in [7, 11) is 0. The summed E-state index contributed by atoms with van der Waals surface area (Å²) < 4.78 is 1.62. The third kappa shape index (κ3) is 5.09. The molecule has 0 radical (unpaired) electrons. The molecule has 0 aliphatic heterocycles. The van der Waals surface area contributed by atoms with Crippen LogP contribution in [0.5, 0.6) is 0 Å². The quantitative estimate of drug-likeness (QED) is 0.133. The predicted octanol–water partition coefficient (Wildman–Crippen LogP) is 6.18. The van der Waals surface area contributed by atoms with Crippen LogP contribution in [0.3, 0.4) is 0 Å². The number of carbonyl (C=O) groups excluding carboxylic acids is 1. The molecule has 10 heteroatoms. The molecule has 2 heterocycles. The molecule has 0 spiro atoms. The average molecular weight is 558 g/mol. The van der Waals surface area contributed by atoms with Gasteiger partial charge in [-0.2, -0.15) is 5.10 Å². The number of aryl methyl sites for hydroxylation is 3. The number of aromatic nitrogens is 2. The van der Waals surface area contributed by atoms with Crippen LogP contribution in [0.4, 0.5) is 0 Å². The smallest absolute Gasteiger partial charge is 0.267 e. The molecule has 0 bridgehead atoms. The molecule has 0 saturated carbocycles. The molecule has 0 unspecified atom stereocenters. The normalized spacial score (nSPS) is 13.3. The van der Waals surface area contributed by atoms with Gasteiger partial charge in [0.25, 0.3) is 11.5 Å². The second kappa shape index (κ2) is 10.8. The molecule has 2 aromatic heterocycles. The highest BCUT2D eigenvalue weighted by molar-refractivity contribution is 7.99. The molecular formula is C26H22Cl2N4O2S2. The van der Waals surface area contributed by atoms with E-state index in [2.05, 4.69) is 10.5 Å². The van der Waals surface area contributed by atoms with E-state index in [1.54, 1.807) is 34.1 Å². The van der Waals surface area contributed by atoms with Gasteiger partial charge in [-0.25, -0.2) is 10.4 Å². The third-order valence-corrected chi connectivity index (χ3v) is 8.91. The van der Waals surface area contributed by atoms with E-state index in [1.165, 1.54) is 22.9 Å². The van der Waals surface area contributed by atoms with Gasteiger partial charge in [-0.3, -0.25) is 14.2 Å². The highest BCUT2D eigenvalue weighted by atomic mass is 35.5. The maximum absolute atomic E-state index is 13.8. The number of halogens is 2. The topological polar surface area (TPSA) is 76.3 Å². The fourth-order valence-electron chi connectivity index (χ4n) is 4.16. The Hall–Kier alpha value is -2.65. The number of fused-ring (bicyclic) bond motifs is 3. The Kier molecular flexibility index (Phi) is 7.48. The van der Waals surface area contributed by atoms with Gasteiger partial charge in [-0.15, -0.1) is 11.3 Å². The number of benzene rings is 2. The van der Waals surface area contributed by atoms with Crippen LogP contribution in [0, 0.1) is 6.92 Å². The minimum Gasteiger partial charge on any atom is -0.272 e. The van der Waals surface area contributed by atoms with Gasteiger partial charge in [0.05, 0.1) is 33.1 Å². The highest BCUT2D eigenvalue weighted by Gasteiger charge is 2.23. The number of nitrogens with zero attached hydrogens (tertiary/aromatic N) is 3. The van der Waals surface area contributed by atoms with E-state index < -0.39 is 0 Å². The number of nitrogens with one attached hydrogen (secondary N) is 1. The monoisotopic (exact) mass is 556 g/mol. The largest absolute Gasteiger partial charge is 0.272 e. The van der Waals surface area contributed by atoms with E-state index >= 15 is 0 Å². The van der Waals surface area contributed by atoms with Gasteiger partial charge in [-0.1, -0.05) is 64.8 Å². The van der Waals surface area contributed by atoms with Crippen molar-refractivity contribution in [3.8, 4) is 5.69 Å². The molecule has 1 aliphatic rings. The first-order chi connectivity index (χ1) is 17.4. The lowest BCUT2D eigenvalue weighted by molar-refractivity contribution is -0.118. The number of hydrazone groups is 1. The number of amides is 1. The van der Waals surface area contributed by atoms with Gasteiger partial charge in [0, 0.05) is 10.4 Å². The van der Waals surface area contributed by atoms with Gasteiger partial charge >= 0.3 is 0 Å². The maximum Gasteiger partial charge on any atom is 0.267 e. The van der Waals surface area contributed by atoms with Crippen molar-refractivity contribution in [1.29, 1.82) is 0 Å². The second-order valence-corrected chi connectivity index (χ2v) is 11.3. The van der Waals surface area contributed by atoms with Gasteiger partial charge in [-0.05, 0) is 56.4 Å². The Bertz CT molecular complexity index is 1540. The van der Waals surface area contributed by atoms with Crippen LogP contribution >= 0.6 is 46.3 Å². The zero-order valence-electron chi connectivity index (χ0n) is 19.4. The van der Waals surface area contributed by atoms with Crippen molar-refractivity contribution in [2.24, 2.45) is 5.10 Å². The molecule has 1 aliphatic carbocycles. The summed E-state index contributed by atoms with van der Waals surface area (Å²) in [5, 5.41) is 5.96. The lowest BCUT2D eigenvalue weighted by atomic mass is 9.97. The SMILES string of the molecule is Cc1ccc(-n2c(SCC(=O)N/N=C\c3cccc(Cl)c3Cl)nc3sc4c(c3c2=O)CCCC4)cc1. The van der Waals surface area contributed by atoms with Crippen molar-refractivity contribution in [3.63, 3.8) is 0 Å². The Morgan fingerprint density at radius 1 is 1.19 bits per heavy atom. The fraction of sp³-hybridized carbons (Fsp3) is 0.231. The molecule has 4 aromatic rings. The summed E-state index contributed by atoms with van der Waals surface area (Å²) in [5.74, 6) is -0.292. The molecule has 1 amide bonds. The first-order valence-corrected chi connectivity index (χ1v) is 14.0. The Morgan fingerprint density at radius 3 is 2.78 bits per heavy atom. The number of thiophene rings is 1. The van der Waals surface area contributed by atoms with E-state index in [0.717, 1.165) is 47.3 Å². The Balaban J connectivity index is 1.43. The van der Waals surface area contributed by atoms with Gasteiger partial charge in [0.15, 0.2) is 5.16 Å². The zero-order valence-corrected chi connectivity index (χ0v) is 22.5. The van der Waals surface area contributed by atoms with Crippen LogP contribution in [0.2, 0.25) is 10.0 Å². The molecule has 0 fully saturated rings. The van der Waals surface area contributed by atoms with Crippen LogP contribution in [0.15, 0.2) is 57.5 Å². The molecule has 184 valence electrons. The van der Waals surface area contributed by atoms with Crippen LogP contribution in [0.25, 0.3) is 15.9 Å². The fourth-order valence-corrected chi connectivity index (χ4v) is 6.63. The van der Waals surface area contributed by atoms with E-state index in [-0.39, 0.29) is 17.2 Å². The molecule has 0 saturated heterocycles. The van der Waals surface area contributed by atoms with Crippen LogP contribution in [-0.4, -0.2) is 27.4 Å². The first kappa shape index (κ1) is 25.0. The standard InChI is InChI=1S/C26H22Cl2N4O2S2/c1-15-9-11-17(12-10-15)32-25(34)22-18-6-2-3-8-20(18)36-24(22)30-26(32)35-14-21(33)31-29-13-16-5-4-7-19(27)23(16)28/h4-5,7,9-13H,2-3,6,8,14H2,1H3,(H,31,33)/b29-13-. The Morgan fingerprint density at radius 2 is 1.97 bits per heavy atom. The number of hydrogen-bond acceptors (Lipinski definition) is 6. The lowest BCUT2D eigenvalue weighted by Crippen LogP contribution is -2.24. The minimum absolute atomic E-state index is 0.0372. The van der Waals surface area contributed by atoms with Crippen LogP contribution in [0.1, 0.15) is 34.4 Å². The summed E-state index contributed by atoms with van der Waals surface area (Å²) in [6.07, 6.45) is 5.55. The summed E-state index contributed by atoms with van der Waals surface area (Å²) in [4.78, 5) is 33.2. The number of rotatable bonds is 6. The van der Waals surface area contributed by atoms with Crippen molar-refractivity contribution in [1.82, 2.24) is 15.0 Å². The summed E-state index contributed by atoms with van der Waals surface area (Å²) in [6.45, 7) is 2.00. The molecule has 6 nitrogen and oxygen atoms in total. The molecule has 2 aromatic carbocycles. The molecule has 5 rings (SSSR count). The van der Waals surface area contributed by atoms with Crippen LogP contribution < -0.4 is 11.0 Å². The van der Waals surface area contributed by atoms with Crippen molar-refractivity contribution in [2.75, 3.05) is 5.75 Å². The van der Waals surface area contributed by atoms with Gasteiger partial charge in [0.2, 0.25) is 0 Å². The molecule has 1 N–H and O–H groups in total. The number of carbonyl (C=O) groups is 1. The van der Waals surface area contributed by atoms with Crippen molar-refractivity contribution in [2.45, 2.75) is 37.8 Å². The van der Waals surface area contributed by atoms with E-state index in [0.29, 0.717) is 26.2 Å². The van der Waals surface area contributed by atoms with Crippen molar-refractivity contribution < 1.29 is 4.79 Å². The predicted molar refractivity (Wildman–Crippen MR) is 150 cm³/mol. The van der Waals surface area contributed by atoms with E-state index in [9.17, 15) is 9.59 Å². The average Bonchev–Trinajstić information content (AvgIpc) is 3.25. The Labute approximate surface area is 226 Å². The summed E-state index contributed by atoms with van der Waals surface area (Å²) in [5.41, 5.74) is 5.98. The maximum atomic E-state index is 13.8. The number of hydrogen-bond donors (Lipinski definition) is 1. The third-order valence-electron chi connectivity index (χ3n) is 5.96. The summed E-state index contributed by atoms with van der Waals surface area (Å²) in [6, 6.07) is 12.9. The zero-order chi connectivity index (χ0) is 25.2. The lowest BCUT2D eigenvalue weighted by Gasteiger charge is -2.13. The second-order valence-electron chi connectivity index (χ2n) is 8.49. The van der Waals surface area contributed by atoms with E-state index in [4.69, 9.17) is 28.2 Å². The highest BCUT2D eigenvalue weighted by Crippen LogP contribution is 2.35. The van der Waals surface area contributed by atoms with Gasteiger partial charge < -0.3 is 0 Å². The molecular weight excluding hydrogens is 535 g/mol. The minimum atomic E-state index is -0.329. The molecule has 36 heavy (non-hydrogen) atoms. The van der Waals surface area contributed by atoms with Gasteiger partial charge in [0.1, 0.15) is 4.83 Å². The summed E-state index contributed by atoms with van der Waals surface area (Å²) >= 11 is 15.0. The van der Waals surface area contributed by atoms with Crippen molar-refractivity contribution in [3.05, 3.63) is 84.4 Å². The first-order valence-electron chi connectivity index (χ1n) is 11.5. The van der Waals surface area contributed by atoms with E-state index in [1.807, 2.05) is 31.2 Å². The number of thioether (sulfide) groups is 1. The molecule has 0 atom stereocenters. The van der Waals surface area contributed by atoms with Crippen molar-refractivity contribution >= 4 is 68.6 Å². The van der Waals surface area contributed by atoms with Crippen LogP contribution in [-0.2, 0) is 17.6 Å².